The zero-order chi connectivity index (χ0) is 7.73. The van der Waals surface area contributed by atoms with Crippen LogP contribution in [-0.2, 0) is 0 Å². The summed E-state index contributed by atoms with van der Waals surface area (Å²) in [5.74, 6) is 0. The third kappa shape index (κ3) is 1.94. The Bertz CT molecular complexity index is 134. The fourth-order valence-corrected chi connectivity index (χ4v) is 1.95. The van der Waals surface area contributed by atoms with E-state index in [1.54, 1.807) is 0 Å². The monoisotopic (exact) mass is 154 g/mol. The van der Waals surface area contributed by atoms with Crippen LogP contribution in [0.4, 0.5) is 0 Å². The van der Waals surface area contributed by atoms with Crippen molar-refractivity contribution in [3.63, 3.8) is 0 Å². The lowest BCUT2D eigenvalue weighted by Gasteiger charge is -2.25. The maximum atomic E-state index is 6.04. The number of hydrogen-bond donors (Lipinski definition) is 2. The zero-order valence-electron chi connectivity index (χ0n) is 7.10. The molecular weight excluding hydrogens is 136 g/mol. The van der Waals surface area contributed by atoms with E-state index in [1.807, 2.05) is 0 Å². The Morgan fingerprint density at radius 2 is 2.18 bits per heavy atom. The summed E-state index contributed by atoms with van der Waals surface area (Å²) in [6.07, 6.45) is 7.82. The second kappa shape index (κ2) is 2.76. The smallest absolute Gasteiger partial charge is 0.0170 e. The standard InChI is InChI=1S/C9H18N2/c10-9(4-5-9)7-8-3-1-2-6-11-8/h8,11H,1-7,10H2. The molecule has 2 fully saturated rings. The summed E-state index contributed by atoms with van der Waals surface area (Å²) in [5, 5.41) is 3.54. The summed E-state index contributed by atoms with van der Waals surface area (Å²) in [6, 6.07) is 0.733. The molecule has 2 nitrogen and oxygen atoms in total. The van der Waals surface area contributed by atoms with E-state index < -0.39 is 0 Å². The molecule has 1 atom stereocenters. The van der Waals surface area contributed by atoms with Crippen molar-refractivity contribution in [1.82, 2.24) is 5.32 Å². The fraction of sp³-hybridized carbons (Fsp3) is 1.00. The summed E-state index contributed by atoms with van der Waals surface area (Å²) in [7, 11) is 0. The van der Waals surface area contributed by atoms with Crippen LogP contribution >= 0.6 is 0 Å². The first kappa shape index (κ1) is 7.56. The van der Waals surface area contributed by atoms with Crippen molar-refractivity contribution >= 4 is 0 Å². The molecule has 2 aliphatic rings. The molecule has 0 aromatic rings. The van der Waals surface area contributed by atoms with Crippen LogP contribution in [0.3, 0.4) is 0 Å². The van der Waals surface area contributed by atoms with Crippen LogP contribution < -0.4 is 11.1 Å². The molecule has 0 aromatic heterocycles. The largest absolute Gasteiger partial charge is 0.325 e. The Morgan fingerprint density at radius 3 is 2.73 bits per heavy atom. The van der Waals surface area contributed by atoms with Gasteiger partial charge in [-0.05, 0) is 38.6 Å². The first-order chi connectivity index (χ1) is 5.29. The predicted octanol–water partition coefficient (Wildman–Crippen LogP) is 1.01. The highest BCUT2D eigenvalue weighted by Gasteiger charge is 2.39. The van der Waals surface area contributed by atoms with E-state index in [9.17, 15) is 0 Å². The van der Waals surface area contributed by atoms with Gasteiger partial charge in [0.1, 0.15) is 0 Å². The van der Waals surface area contributed by atoms with E-state index in [2.05, 4.69) is 5.32 Å². The van der Waals surface area contributed by atoms with Crippen LogP contribution in [0.25, 0.3) is 0 Å². The molecule has 2 heteroatoms. The molecule has 0 radical (unpaired) electrons. The van der Waals surface area contributed by atoms with Crippen LogP contribution in [0.15, 0.2) is 0 Å². The lowest BCUT2D eigenvalue weighted by atomic mass is 9.97. The number of rotatable bonds is 2. The summed E-state index contributed by atoms with van der Waals surface area (Å²) in [6.45, 7) is 1.21. The second-order valence-corrected chi connectivity index (χ2v) is 4.21. The van der Waals surface area contributed by atoms with Crippen molar-refractivity contribution < 1.29 is 0 Å². The Hall–Kier alpha value is -0.0800. The normalized spacial score (nSPS) is 35.2. The molecule has 1 heterocycles. The molecule has 11 heavy (non-hydrogen) atoms. The minimum absolute atomic E-state index is 0.245. The van der Waals surface area contributed by atoms with Gasteiger partial charge in [-0.3, -0.25) is 0 Å². The zero-order valence-corrected chi connectivity index (χ0v) is 7.10. The molecule has 1 unspecified atom stereocenters. The van der Waals surface area contributed by atoms with Crippen LogP contribution in [-0.4, -0.2) is 18.1 Å². The van der Waals surface area contributed by atoms with Crippen molar-refractivity contribution in [2.45, 2.75) is 50.1 Å². The summed E-state index contributed by atoms with van der Waals surface area (Å²) in [5.41, 5.74) is 6.28. The van der Waals surface area contributed by atoms with Crippen LogP contribution in [0.5, 0.6) is 0 Å². The molecule has 64 valence electrons. The van der Waals surface area contributed by atoms with E-state index in [0.29, 0.717) is 0 Å². The van der Waals surface area contributed by atoms with Gasteiger partial charge in [-0.15, -0.1) is 0 Å². The second-order valence-electron chi connectivity index (χ2n) is 4.21. The Balaban J connectivity index is 1.76. The predicted molar refractivity (Wildman–Crippen MR) is 46.4 cm³/mol. The van der Waals surface area contributed by atoms with Gasteiger partial charge < -0.3 is 11.1 Å². The van der Waals surface area contributed by atoms with Crippen molar-refractivity contribution in [3.05, 3.63) is 0 Å². The van der Waals surface area contributed by atoms with Gasteiger partial charge in [0.2, 0.25) is 0 Å². The molecule has 3 N–H and O–H groups in total. The topological polar surface area (TPSA) is 38.0 Å². The first-order valence-corrected chi connectivity index (χ1v) is 4.81. The molecule has 0 amide bonds. The quantitative estimate of drug-likeness (QED) is 0.623. The van der Waals surface area contributed by atoms with Crippen molar-refractivity contribution in [3.8, 4) is 0 Å². The molecule has 1 saturated carbocycles. The highest BCUT2D eigenvalue weighted by Crippen LogP contribution is 2.37. The number of nitrogens with two attached hydrogens (primary N) is 1. The van der Waals surface area contributed by atoms with Crippen LogP contribution in [0, 0.1) is 0 Å². The van der Waals surface area contributed by atoms with Gasteiger partial charge >= 0.3 is 0 Å². The van der Waals surface area contributed by atoms with E-state index in [-0.39, 0.29) is 5.54 Å². The third-order valence-electron chi connectivity index (χ3n) is 2.96. The third-order valence-corrected chi connectivity index (χ3v) is 2.96. The molecule has 0 spiro atoms. The van der Waals surface area contributed by atoms with Crippen LogP contribution in [0.1, 0.15) is 38.5 Å². The Labute approximate surface area is 68.5 Å². The van der Waals surface area contributed by atoms with Gasteiger partial charge in [0.05, 0.1) is 0 Å². The van der Waals surface area contributed by atoms with Crippen LogP contribution in [0.2, 0.25) is 0 Å². The van der Waals surface area contributed by atoms with Gasteiger partial charge in [0.25, 0.3) is 0 Å². The SMILES string of the molecule is NC1(CC2CCCCN2)CC1. The van der Waals surface area contributed by atoms with Crippen molar-refractivity contribution in [2.24, 2.45) is 5.73 Å². The Kier molecular flexibility index (Phi) is 1.90. The highest BCUT2D eigenvalue weighted by molar-refractivity contribution is 5.01. The average Bonchev–Trinajstić information content (AvgIpc) is 2.70. The lowest BCUT2D eigenvalue weighted by molar-refractivity contribution is 0.354. The minimum atomic E-state index is 0.245. The molecule has 0 bridgehead atoms. The summed E-state index contributed by atoms with van der Waals surface area (Å²) >= 11 is 0. The van der Waals surface area contributed by atoms with Gasteiger partial charge in [0.15, 0.2) is 0 Å². The maximum Gasteiger partial charge on any atom is 0.0170 e. The molecule has 1 saturated heterocycles. The van der Waals surface area contributed by atoms with E-state index >= 15 is 0 Å². The molecular formula is C9H18N2. The van der Waals surface area contributed by atoms with Gasteiger partial charge in [0, 0.05) is 11.6 Å². The highest BCUT2D eigenvalue weighted by atomic mass is 14.9. The van der Waals surface area contributed by atoms with Gasteiger partial charge in [-0.25, -0.2) is 0 Å². The van der Waals surface area contributed by atoms with Gasteiger partial charge in [-0.1, -0.05) is 6.42 Å². The molecule has 1 aliphatic heterocycles. The lowest BCUT2D eigenvalue weighted by Crippen LogP contribution is -2.39. The molecule has 1 aliphatic carbocycles. The average molecular weight is 154 g/mol. The van der Waals surface area contributed by atoms with E-state index in [1.165, 1.54) is 45.1 Å². The summed E-state index contributed by atoms with van der Waals surface area (Å²) < 4.78 is 0. The minimum Gasteiger partial charge on any atom is -0.325 e. The van der Waals surface area contributed by atoms with Gasteiger partial charge in [-0.2, -0.15) is 0 Å². The number of hydrogen-bond acceptors (Lipinski definition) is 2. The van der Waals surface area contributed by atoms with E-state index in [0.717, 1.165) is 6.04 Å². The molecule has 2 rings (SSSR count). The molecule has 0 aromatic carbocycles. The Morgan fingerprint density at radius 1 is 1.36 bits per heavy atom. The van der Waals surface area contributed by atoms with E-state index in [4.69, 9.17) is 5.73 Å². The fourth-order valence-electron chi connectivity index (χ4n) is 1.95. The maximum absolute atomic E-state index is 6.04. The number of nitrogens with one attached hydrogen (secondary N) is 1. The van der Waals surface area contributed by atoms with Crippen molar-refractivity contribution in [1.29, 1.82) is 0 Å². The summed E-state index contributed by atoms with van der Waals surface area (Å²) in [4.78, 5) is 0. The first-order valence-electron chi connectivity index (χ1n) is 4.81. The van der Waals surface area contributed by atoms with Crippen molar-refractivity contribution in [2.75, 3.05) is 6.54 Å². The number of piperidine rings is 1.